The predicted molar refractivity (Wildman–Crippen MR) is 151 cm³/mol. The Kier molecular flexibility index (Phi) is 9.67. The van der Waals surface area contributed by atoms with E-state index in [4.69, 9.17) is 0 Å². The van der Waals surface area contributed by atoms with Crippen LogP contribution in [0, 0.1) is 29.6 Å². The zero-order valence-corrected chi connectivity index (χ0v) is 24.2. The van der Waals surface area contributed by atoms with E-state index in [0.29, 0.717) is 11.8 Å². The summed E-state index contributed by atoms with van der Waals surface area (Å²) in [7, 11) is 3.77. The minimum absolute atomic E-state index is 0.0103. The molecule has 1 unspecified atom stereocenters. The highest BCUT2D eigenvalue weighted by atomic mass is 16.2. The van der Waals surface area contributed by atoms with Crippen molar-refractivity contribution >= 4 is 17.6 Å². The molecule has 1 aromatic rings. The lowest BCUT2D eigenvalue weighted by molar-refractivity contribution is -0.137. The number of rotatable bonds is 9. The van der Waals surface area contributed by atoms with Crippen molar-refractivity contribution in [1.82, 2.24) is 15.5 Å². The summed E-state index contributed by atoms with van der Waals surface area (Å²) in [5.74, 6) is 0.226. The van der Waals surface area contributed by atoms with Gasteiger partial charge in [0.2, 0.25) is 11.8 Å². The van der Waals surface area contributed by atoms with Crippen LogP contribution in [0.3, 0.4) is 0 Å². The van der Waals surface area contributed by atoms with Gasteiger partial charge >= 0.3 is 0 Å². The molecule has 3 aliphatic rings. The van der Waals surface area contributed by atoms with E-state index in [1.165, 1.54) is 17.5 Å². The number of carbonyl (C=O) groups is 3. The average Bonchev–Trinajstić information content (AvgIpc) is 3.38. The topological polar surface area (TPSA) is 78.5 Å². The molecule has 3 aliphatic carbocycles. The zero-order valence-electron chi connectivity index (χ0n) is 24.2. The maximum absolute atomic E-state index is 14.3. The molecule has 2 N–H and O–H groups in total. The van der Waals surface area contributed by atoms with Crippen LogP contribution < -0.4 is 10.6 Å². The number of hydrogen-bond acceptors (Lipinski definition) is 4. The largest absolute Gasteiger partial charge is 0.349 e. The van der Waals surface area contributed by atoms with Crippen LogP contribution in [-0.2, 0) is 20.8 Å². The van der Waals surface area contributed by atoms with Gasteiger partial charge in [0.25, 0.3) is 0 Å². The van der Waals surface area contributed by atoms with Gasteiger partial charge in [0, 0.05) is 11.8 Å². The van der Waals surface area contributed by atoms with Gasteiger partial charge < -0.3 is 10.6 Å². The number of ketones is 1. The SMILES string of the molecule is CC(C)[C@@H]1CC(C(=O)[C@@H](NC(=O)[C@H](C)N(C)C)C2CCCCC2)[C@H](C(=O)N[C@@H]2CCCc3ccccc32)C1. The van der Waals surface area contributed by atoms with Crippen molar-refractivity contribution in [3.05, 3.63) is 35.4 Å². The molecule has 6 heteroatoms. The van der Waals surface area contributed by atoms with Gasteiger partial charge in [0.1, 0.15) is 0 Å². The lowest BCUT2D eigenvalue weighted by Crippen LogP contribution is -2.54. The first-order valence-electron chi connectivity index (χ1n) is 15.1. The molecule has 0 heterocycles. The number of likely N-dealkylation sites (N-methyl/N-ethyl adjacent to an activating group) is 1. The van der Waals surface area contributed by atoms with Crippen molar-refractivity contribution < 1.29 is 14.4 Å². The molecule has 2 amide bonds. The Hall–Kier alpha value is -2.21. The monoisotopic (exact) mass is 523 g/mol. The molecule has 4 rings (SSSR count). The fourth-order valence-electron chi connectivity index (χ4n) is 7.04. The molecule has 6 nitrogen and oxygen atoms in total. The van der Waals surface area contributed by atoms with Gasteiger partial charge in [-0.3, -0.25) is 19.3 Å². The van der Waals surface area contributed by atoms with Crippen molar-refractivity contribution in [1.29, 1.82) is 0 Å². The molecule has 0 radical (unpaired) electrons. The maximum Gasteiger partial charge on any atom is 0.237 e. The van der Waals surface area contributed by atoms with E-state index in [2.05, 4.69) is 42.7 Å². The van der Waals surface area contributed by atoms with E-state index in [-0.39, 0.29) is 47.4 Å². The standard InChI is InChI=1S/C32H49N3O3/c1-20(2)24-18-26(27(19-24)32(38)33-28-17-11-15-22-12-9-10-16-25(22)28)30(36)29(23-13-7-6-8-14-23)34-31(37)21(3)35(4)5/h9-10,12,16,20-21,23-24,26-29H,6-8,11,13-15,17-19H2,1-5H3,(H,33,38)(H,34,37)/t21-,24+,26?,27+,28+,29-/m0/s1. The van der Waals surface area contributed by atoms with Crippen molar-refractivity contribution in [3.8, 4) is 0 Å². The molecular formula is C32H49N3O3. The third-order valence-corrected chi connectivity index (χ3v) is 9.81. The van der Waals surface area contributed by atoms with Gasteiger partial charge in [0.05, 0.1) is 18.1 Å². The summed E-state index contributed by atoms with van der Waals surface area (Å²) < 4.78 is 0. The van der Waals surface area contributed by atoms with E-state index in [1.807, 2.05) is 32.0 Å². The van der Waals surface area contributed by atoms with Crippen LogP contribution in [0.25, 0.3) is 0 Å². The van der Waals surface area contributed by atoms with Gasteiger partial charge in [-0.25, -0.2) is 0 Å². The summed E-state index contributed by atoms with van der Waals surface area (Å²) in [5, 5.41) is 6.55. The number of amides is 2. The second-order valence-corrected chi connectivity index (χ2v) is 12.8. The summed E-state index contributed by atoms with van der Waals surface area (Å²) in [5.41, 5.74) is 2.54. The van der Waals surface area contributed by atoms with Gasteiger partial charge in [-0.1, -0.05) is 57.4 Å². The van der Waals surface area contributed by atoms with Gasteiger partial charge in [0.15, 0.2) is 5.78 Å². The summed E-state index contributed by atoms with van der Waals surface area (Å²) >= 11 is 0. The number of benzene rings is 1. The highest BCUT2D eigenvalue weighted by molar-refractivity contribution is 5.95. The van der Waals surface area contributed by atoms with Crippen molar-refractivity contribution in [3.63, 3.8) is 0 Å². The van der Waals surface area contributed by atoms with Crippen LogP contribution in [0.4, 0.5) is 0 Å². The molecule has 6 atom stereocenters. The molecule has 0 aliphatic heterocycles. The van der Waals surface area contributed by atoms with Gasteiger partial charge in [-0.15, -0.1) is 0 Å². The van der Waals surface area contributed by atoms with Crippen LogP contribution >= 0.6 is 0 Å². The highest BCUT2D eigenvalue weighted by Gasteiger charge is 2.47. The zero-order chi connectivity index (χ0) is 27.4. The molecule has 0 bridgehead atoms. The Balaban J connectivity index is 1.56. The molecule has 1 aromatic carbocycles. The van der Waals surface area contributed by atoms with Crippen LogP contribution in [0.1, 0.15) is 95.7 Å². The van der Waals surface area contributed by atoms with Crippen molar-refractivity contribution in [2.24, 2.45) is 29.6 Å². The Labute approximate surface area is 229 Å². The number of nitrogens with one attached hydrogen (secondary N) is 2. The average molecular weight is 524 g/mol. The molecule has 0 saturated heterocycles. The summed E-state index contributed by atoms with van der Waals surface area (Å²) in [4.78, 5) is 43.2. The molecule has 0 aromatic heterocycles. The summed E-state index contributed by atoms with van der Waals surface area (Å²) in [6.07, 6.45) is 9.82. The number of carbonyl (C=O) groups excluding carboxylic acids is 3. The van der Waals surface area contributed by atoms with E-state index < -0.39 is 6.04 Å². The molecule has 210 valence electrons. The van der Waals surface area contributed by atoms with Gasteiger partial charge in [-0.05, 0) is 94.8 Å². The van der Waals surface area contributed by atoms with Crippen LogP contribution in [0.15, 0.2) is 24.3 Å². The third-order valence-electron chi connectivity index (χ3n) is 9.81. The lowest BCUT2D eigenvalue weighted by atomic mass is 9.77. The van der Waals surface area contributed by atoms with Crippen LogP contribution in [0.2, 0.25) is 0 Å². The quantitative estimate of drug-likeness (QED) is 0.474. The molecule has 2 fully saturated rings. The summed E-state index contributed by atoms with van der Waals surface area (Å²) in [6.45, 7) is 6.27. The first-order valence-corrected chi connectivity index (χ1v) is 15.1. The Morgan fingerprint density at radius 1 is 0.868 bits per heavy atom. The highest BCUT2D eigenvalue weighted by Crippen LogP contribution is 2.43. The maximum atomic E-state index is 14.3. The van der Waals surface area contributed by atoms with Gasteiger partial charge in [-0.2, -0.15) is 0 Å². The number of Topliss-reactive ketones (excluding diaryl/α,β-unsaturated/α-hetero) is 1. The number of hydrogen-bond donors (Lipinski definition) is 2. The Morgan fingerprint density at radius 2 is 1.55 bits per heavy atom. The Morgan fingerprint density at radius 3 is 2.24 bits per heavy atom. The normalized spacial score (nSPS) is 27.6. The number of nitrogens with zero attached hydrogens (tertiary/aromatic N) is 1. The fraction of sp³-hybridized carbons (Fsp3) is 0.719. The summed E-state index contributed by atoms with van der Waals surface area (Å²) in [6, 6.07) is 7.60. The second-order valence-electron chi connectivity index (χ2n) is 12.8. The number of aryl methyl sites for hydroxylation is 1. The van der Waals surface area contributed by atoms with Crippen LogP contribution in [0.5, 0.6) is 0 Å². The minimum atomic E-state index is -0.508. The first-order chi connectivity index (χ1) is 18.2. The lowest BCUT2D eigenvalue weighted by Gasteiger charge is -2.34. The van der Waals surface area contributed by atoms with E-state index in [1.54, 1.807) is 0 Å². The molecule has 38 heavy (non-hydrogen) atoms. The van der Waals surface area contributed by atoms with E-state index in [0.717, 1.165) is 57.8 Å². The smallest absolute Gasteiger partial charge is 0.237 e. The van der Waals surface area contributed by atoms with Crippen LogP contribution in [-0.4, -0.2) is 48.7 Å². The fourth-order valence-corrected chi connectivity index (χ4v) is 7.04. The molecular weight excluding hydrogens is 474 g/mol. The van der Waals surface area contributed by atoms with Crippen molar-refractivity contribution in [2.45, 2.75) is 103 Å². The third kappa shape index (κ3) is 6.50. The van der Waals surface area contributed by atoms with E-state index >= 15 is 0 Å². The Bertz CT molecular complexity index is 984. The predicted octanol–water partition coefficient (Wildman–Crippen LogP) is 5.06. The van der Waals surface area contributed by atoms with E-state index in [9.17, 15) is 14.4 Å². The van der Waals surface area contributed by atoms with Crippen molar-refractivity contribution in [2.75, 3.05) is 14.1 Å². The number of fused-ring (bicyclic) bond motifs is 1. The minimum Gasteiger partial charge on any atom is -0.349 e. The molecule has 2 saturated carbocycles. The second kappa shape index (κ2) is 12.8. The molecule has 0 spiro atoms. The first kappa shape index (κ1) is 28.8.